The Morgan fingerprint density at radius 1 is 0.913 bits per heavy atom. The average molecular weight is 683 g/mol. The molecule has 16 heteroatoms. The minimum Gasteiger partial charge on any atom is -0.496 e. The Kier molecular flexibility index (Phi) is 8.01. The second-order valence-corrected chi connectivity index (χ2v) is 15.0. The molecule has 3 saturated carbocycles. The van der Waals surface area contributed by atoms with Crippen molar-refractivity contribution in [2.75, 3.05) is 12.4 Å². The largest absolute Gasteiger partial charge is 0.496 e. The normalized spacial score (nSPS) is 28.9. The van der Waals surface area contributed by atoms with Gasteiger partial charge in [-0.25, -0.2) is 8.78 Å². The second kappa shape index (κ2) is 10.9. The van der Waals surface area contributed by atoms with Crippen LogP contribution in [0.15, 0.2) is 35.2 Å². The Balaban J connectivity index is 1.34. The number of aliphatic carboxylic acids is 1. The predicted molar refractivity (Wildman–Crippen MR) is 154 cm³/mol. The Morgan fingerprint density at radius 3 is 2.17 bits per heavy atom. The lowest BCUT2D eigenvalue weighted by Gasteiger charge is -2.40. The van der Waals surface area contributed by atoms with E-state index < -0.39 is 73.7 Å². The van der Waals surface area contributed by atoms with Crippen molar-refractivity contribution in [1.29, 1.82) is 0 Å². The van der Waals surface area contributed by atoms with Crippen LogP contribution in [-0.2, 0) is 9.59 Å². The molecule has 2 aromatic carbocycles. The van der Waals surface area contributed by atoms with Crippen LogP contribution in [0.2, 0.25) is 0 Å². The van der Waals surface area contributed by atoms with Crippen LogP contribution in [0.3, 0.4) is 0 Å². The first-order valence-electron chi connectivity index (χ1n) is 14.6. The number of carboxylic acid groups (broad SMARTS) is 1. The highest BCUT2D eigenvalue weighted by Gasteiger charge is 2.67. The summed E-state index contributed by atoms with van der Waals surface area (Å²) in [6.07, 6.45) is 2.53. The molecule has 0 spiro atoms. The Morgan fingerprint density at radius 2 is 1.57 bits per heavy atom. The first-order chi connectivity index (χ1) is 21.2. The van der Waals surface area contributed by atoms with Crippen molar-refractivity contribution in [1.82, 2.24) is 5.32 Å². The van der Waals surface area contributed by atoms with Gasteiger partial charge in [0, 0.05) is 17.8 Å². The van der Waals surface area contributed by atoms with Gasteiger partial charge < -0.3 is 25.2 Å². The highest BCUT2D eigenvalue weighted by Crippen LogP contribution is 3.02. The van der Waals surface area contributed by atoms with Crippen molar-refractivity contribution in [3.8, 4) is 11.5 Å². The van der Waals surface area contributed by atoms with Gasteiger partial charge in [-0.3, -0.25) is 14.4 Å². The first-order valence-corrected chi connectivity index (χ1v) is 16.6. The predicted octanol–water partition coefficient (Wildman–Crippen LogP) is 7.83. The van der Waals surface area contributed by atoms with Gasteiger partial charge in [0.25, 0.3) is 5.91 Å². The van der Waals surface area contributed by atoms with Crippen molar-refractivity contribution >= 4 is 33.7 Å². The number of ether oxygens (including phenoxy) is 2. The van der Waals surface area contributed by atoms with Crippen LogP contribution in [0.25, 0.3) is 0 Å². The zero-order chi connectivity index (χ0) is 33.9. The van der Waals surface area contributed by atoms with Gasteiger partial charge in [0.1, 0.15) is 16.5 Å². The summed E-state index contributed by atoms with van der Waals surface area (Å²) in [4.78, 5) is 35.7. The highest BCUT2D eigenvalue weighted by atomic mass is 32.5. The number of hydrogen-bond donors (Lipinski definition) is 3. The van der Waals surface area contributed by atoms with Gasteiger partial charge >= 0.3 is 16.2 Å². The quantitative estimate of drug-likeness (QED) is 0.233. The molecule has 0 unspecified atom stereocenters. The van der Waals surface area contributed by atoms with Gasteiger partial charge in [-0.15, -0.1) is 0 Å². The monoisotopic (exact) mass is 682 g/mol. The van der Waals surface area contributed by atoms with Gasteiger partial charge in [-0.1, -0.05) is 19.4 Å². The Bertz CT molecular complexity index is 1580. The van der Waals surface area contributed by atoms with Crippen LogP contribution in [-0.4, -0.2) is 42.1 Å². The smallest absolute Gasteiger partial charge is 0.313 e. The third kappa shape index (κ3) is 6.72. The van der Waals surface area contributed by atoms with Gasteiger partial charge in [-0.05, 0) is 88.0 Å². The van der Waals surface area contributed by atoms with E-state index >= 15 is 0 Å². The molecule has 3 aliphatic rings. The zero-order valence-electron chi connectivity index (χ0n) is 24.8. The molecular formula is C30H33F7N2O6S. The molecule has 2 bridgehead atoms. The van der Waals surface area contributed by atoms with E-state index in [-0.39, 0.29) is 41.0 Å². The molecule has 2 aromatic rings. The van der Waals surface area contributed by atoms with Crippen LogP contribution in [0.5, 0.6) is 11.5 Å². The molecule has 254 valence electrons. The summed E-state index contributed by atoms with van der Waals surface area (Å²) in [5.41, 5.74) is -1.72. The van der Waals surface area contributed by atoms with Crippen LogP contribution < -0.4 is 20.1 Å². The summed E-state index contributed by atoms with van der Waals surface area (Å²) < 4.78 is 107. The Labute approximate surface area is 259 Å². The number of carbonyl (C=O) groups excluding carboxylic acids is 2. The number of carbonyl (C=O) groups is 3. The second-order valence-electron chi connectivity index (χ2n) is 12.6. The van der Waals surface area contributed by atoms with Crippen LogP contribution in [0, 0.1) is 34.8 Å². The van der Waals surface area contributed by atoms with E-state index in [2.05, 4.69) is 10.6 Å². The molecule has 0 radical (unpaired) electrons. The summed E-state index contributed by atoms with van der Waals surface area (Å²) in [5.74, 6) is -7.32. The average Bonchev–Trinajstić information content (AvgIpc) is 3.56. The number of hydrogen-bond acceptors (Lipinski definition) is 5. The van der Waals surface area contributed by atoms with E-state index in [1.807, 2.05) is 0 Å². The summed E-state index contributed by atoms with van der Waals surface area (Å²) >= 11 is 0. The van der Waals surface area contributed by atoms with Crippen LogP contribution in [0.1, 0.15) is 62.2 Å². The minimum atomic E-state index is -10.4. The number of benzene rings is 2. The molecule has 3 fully saturated rings. The van der Waals surface area contributed by atoms with Crippen LogP contribution in [0.4, 0.5) is 33.9 Å². The molecule has 0 aliphatic heterocycles. The summed E-state index contributed by atoms with van der Waals surface area (Å²) in [7, 11) is -9.18. The molecular weight excluding hydrogens is 649 g/mol. The van der Waals surface area contributed by atoms with Crippen LogP contribution >= 0.6 is 10.2 Å². The minimum absolute atomic E-state index is 0.119. The molecule has 5 rings (SSSR count). The van der Waals surface area contributed by atoms with E-state index in [1.54, 1.807) is 6.92 Å². The van der Waals surface area contributed by atoms with Gasteiger partial charge in [-0.2, -0.15) is 0 Å². The summed E-state index contributed by atoms with van der Waals surface area (Å²) in [5, 5.41) is 14.4. The van der Waals surface area contributed by atoms with Crippen molar-refractivity contribution in [2.24, 2.45) is 23.2 Å². The maximum absolute atomic E-state index is 15.0. The third-order valence-electron chi connectivity index (χ3n) is 9.48. The highest BCUT2D eigenvalue weighted by molar-refractivity contribution is 8.45. The summed E-state index contributed by atoms with van der Waals surface area (Å²) in [6, 6.07) is 2.09. The molecule has 46 heavy (non-hydrogen) atoms. The number of amides is 2. The maximum atomic E-state index is 15.0. The molecule has 2 amide bonds. The van der Waals surface area contributed by atoms with Crippen molar-refractivity contribution < 1.29 is 57.2 Å². The van der Waals surface area contributed by atoms with E-state index in [4.69, 9.17) is 9.47 Å². The molecule has 8 nitrogen and oxygen atoms in total. The standard InChI is InChI=1S/C30H33F7N2O6S/c1-30(29(42)43)9-7-18(8-10-30)45-23-13-19(22(44-2)14-21(23)32)27(40)39-26-16-4-3-15(11-16)25(26)28(41)38-17-5-6-20(31)24(12-17)46(33,34,35,36)37/h5-6,12-16,18,25-26H,3-4,7-11H2,1-2H3,(H,38,41)(H,39,40)(H,42,43)/t15-,16+,18?,25+,26-,30?/m0/s1. The Hall–Kier alpha value is -3.69. The fraction of sp³-hybridized carbons (Fsp3) is 0.500. The molecule has 0 saturated heterocycles. The van der Waals surface area contributed by atoms with Gasteiger partial charge in [0.2, 0.25) is 5.91 Å². The number of anilines is 1. The lowest BCUT2D eigenvalue weighted by molar-refractivity contribution is -0.150. The van der Waals surface area contributed by atoms with Gasteiger partial charge in [0.05, 0.1) is 30.1 Å². The SMILES string of the molecule is COc1cc(F)c(OC2CCC(C)(C(=O)O)CC2)cc1C(=O)N[C@H]1[C@@H]2CC[C@@H](C2)[C@H]1C(=O)Nc1ccc(F)c(S(F)(F)(F)(F)F)c1. The van der Waals surface area contributed by atoms with Gasteiger partial charge in [0.15, 0.2) is 11.6 Å². The van der Waals surface area contributed by atoms with Crippen molar-refractivity contribution in [3.05, 3.63) is 47.5 Å². The number of fused-ring (bicyclic) bond motifs is 2. The van der Waals surface area contributed by atoms with E-state index in [0.717, 1.165) is 18.2 Å². The zero-order valence-corrected chi connectivity index (χ0v) is 25.6. The van der Waals surface area contributed by atoms with E-state index in [9.17, 15) is 47.7 Å². The molecule has 0 heterocycles. The fourth-order valence-electron chi connectivity index (χ4n) is 6.92. The number of carboxylic acids is 1. The maximum Gasteiger partial charge on any atom is 0.313 e. The first kappa shape index (κ1) is 33.7. The number of halogens is 7. The number of methoxy groups -OCH3 is 1. The fourth-order valence-corrected chi connectivity index (χ4v) is 7.71. The molecule has 3 aliphatic carbocycles. The van der Waals surface area contributed by atoms with E-state index in [1.165, 1.54) is 7.11 Å². The molecule has 4 atom stereocenters. The van der Waals surface area contributed by atoms with E-state index in [0.29, 0.717) is 44.9 Å². The molecule has 3 N–H and O–H groups in total. The lowest BCUT2D eigenvalue weighted by Crippen LogP contribution is -2.48. The molecule has 0 aromatic heterocycles. The number of nitrogens with one attached hydrogen (secondary N) is 2. The topological polar surface area (TPSA) is 114 Å². The third-order valence-corrected chi connectivity index (χ3v) is 10.6. The summed E-state index contributed by atoms with van der Waals surface area (Å²) in [6.45, 7) is 1.63. The van der Waals surface area contributed by atoms with Crippen molar-refractivity contribution in [3.63, 3.8) is 0 Å². The van der Waals surface area contributed by atoms with Crippen molar-refractivity contribution in [2.45, 2.75) is 68.9 Å². The number of rotatable bonds is 9. The lowest BCUT2D eigenvalue weighted by atomic mass is 9.75.